The van der Waals surface area contributed by atoms with Crippen molar-refractivity contribution in [2.75, 3.05) is 11.9 Å². The molecule has 0 aliphatic heterocycles. The minimum absolute atomic E-state index is 0.0783. The zero-order chi connectivity index (χ0) is 14.5. The molecule has 0 amide bonds. The molecule has 106 valence electrons. The predicted octanol–water partition coefficient (Wildman–Crippen LogP) is 2.43. The lowest BCUT2D eigenvalue weighted by atomic mass is 9.99. The molecule has 1 saturated carbocycles. The van der Waals surface area contributed by atoms with E-state index in [0.29, 0.717) is 11.6 Å². The molecule has 0 heterocycles. The summed E-state index contributed by atoms with van der Waals surface area (Å²) in [6, 6.07) is 6.49. The van der Waals surface area contributed by atoms with Crippen LogP contribution in [0.15, 0.2) is 18.2 Å². The monoisotopic (exact) mass is 275 g/mol. The van der Waals surface area contributed by atoms with Gasteiger partial charge in [-0.2, -0.15) is 5.26 Å². The second-order valence-corrected chi connectivity index (χ2v) is 5.05. The van der Waals surface area contributed by atoms with Gasteiger partial charge in [0.05, 0.1) is 16.2 Å². The van der Waals surface area contributed by atoms with Gasteiger partial charge in [0.25, 0.3) is 5.69 Å². The molecule has 20 heavy (non-hydrogen) atoms. The number of non-ortho nitro benzene ring substituents is 1. The first-order valence-electron chi connectivity index (χ1n) is 6.71. The summed E-state index contributed by atoms with van der Waals surface area (Å²) in [6.07, 6.45) is 3.89. The Labute approximate surface area is 117 Å². The van der Waals surface area contributed by atoms with Crippen LogP contribution in [0.3, 0.4) is 0 Å². The summed E-state index contributed by atoms with van der Waals surface area (Å²) in [7, 11) is 0. The van der Waals surface area contributed by atoms with E-state index in [2.05, 4.69) is 5.32 Å². The van der Waals surface area contributed by atoms with Gasteiger partial charge in [0, 0.05) is 24.8 Å². The number of nitrogens with zero attached hydrogens (tertiary/aromatic N) is 2. The molecule has 2 atom stereocenters. The molecular weight excluding hydrogens is 258 g/mol. The number of aliphatic hydroxyl groups excluding tert-OH is 1. The van der Waals surface area contributed by atoms with Gasteiger partial charge < -0.3 is 10.4 Å². The van der Waals surface area contributed by atoms with Crippen molar-refractivity contribution in [3.05, 3.63) is 33.9 Å². The van der Waals surface area contributed by atoms with Crippen LogP contribution in [-0.2, 0) is 0 Å². The second-order valence-electron chi connectivity index (χ2n) is 5.05. The quantitative estimate of drug-likeness (QED) is 0.635. The topological polar surface area (TPSA) is 99.2 Å². The van der Waals surface area contributed by atoms with Crippen molar-refractivity contribution in [2.45, 2.75) is 31.7 Å². The van der Waals surface area contributed by atoms with E-state index in [-0.39, 0.29) is 23.9 Å². The number of hydrogen-bond acceptors (Lipinski definition) is 5. The summed E-state index contributed by atoms with van der Waals surface area (Å²) in [6.45, 7) is 0.161. The molecule has 1 aromatic rings. The van der Waals surface area contributed by atoms with Crippen LogP contribution in [0, 0.1) is 27.4 Å². The number of nitriles is 1. The lowest BCUT2D eigenvalue weighted by Crippen LogP contribution is -2.25. The minimum atomic E-state index is -0.505. The van der Waals surface area contributed by atoms with Crippen molar-refractivity contribution in [1.29, 1.82) is 5.26 Å². The summed E-state index contributed by atoms with van der Waals surface area (Å²) in [4.78, 5) is 10.2. The highest BCUT2D eigenvalue weighted by molar-refractivity contribution is 5.61. The first-order chi connectivity index (χ1) is 9.65. The Hall–Kier alpha value is -2.13. The third-order valence-corrected chi connectivity index (χ3v) is 3.83. The SMILES string of the molecule is N#Cc1cc([N+](=O)[O-])ccc1NC1CCCC1CCO. The molecule has 6 heteroatoms. The fourth-order valence-electron chi connectivity index (χ4n) is 2.80. The van der Waals surface area contributed by atoms with Crippen molar-refractivity contribution in [2.24, 2.45) is 5.92 Å². The van der Waals surface area contributed by atoms with Crippen molar-refractivity contribution in [3.8, 4) is 6.07 Å². The van der Waals surface area contributed by atoms with E-state index in [0.717, 1.165) is 25.7 Å². The first-order valence-corrected chi connectivity index (χ1v) is 6.71. The van der Waals surface area contributed by atoms with E-state index in [4.69, 9.17) is 10.4 Å². The van der Waals surface area contributed by atoms with Crippen molar-refractivity contribution in [1.82, 2.24) is 0 Å². The molecule has 0 saturated heterocycles. The highest BCUT2D eigenvalue weighted by Crippen LogP contribution is 2.32. The maximum Gasteiger partial charge on any atom is 0.270 e. The van der Waals surface area contributed by atoms with Crippen LogP contribution < -0.4 is 5.32 Å². The van der Waals surface area contributed by atoms with E-state index in [1.54, 1.807) is 6.07 Å². The van der Waals surface area contributed by atoms with Crippen molar-refractivity contribution >= 4 is 11.4 Å². The number of nitro groups is 1. The smallest absolute Gasteiger partial charge is 0.270 e. The average Bonchev–Trinajstić information content (AvgIpc) is 2.87. The van der Waals surface area contributed by atoms with E-state index in [1.807, 2.05) is 6.07 Å². The molecule has 1 aliphatic carbocycles. The number of nitrogens with one attached hydrogen (secondary N) is 1. The van der Waals surface area contributed by atoms with Gasteiger partial charge in [-0.1, -0.05) is 6.42 Å². The molecule has 1 aliphatic rings. The van der Waals surface area contributed by atoms with Crippen molar-refractivity contribution < 1.29 is 10.0 Å². The van der Waals surface area contributed by atoms with Crippen molar-refractivity contribution in [3.63, 3.8) is 0 Å². The molecular formula is C14H17N3O3. The molecule has 0 spiro atoms. The van der Waals surface area contributed by atoms with Gasteiger partial charge in [-0.3, -0.25) is 10.1 Å². The number of aliphatic hydroxyl groups is 1. The summed E-state index contributed by atoms with van der Waals surface area (Å²) in [5.74, 6) is 0.390. The largest absolute Gasteiger partial charge is 0.396 e. The summed E-state index contributed by atoms with van der Waals surface area (Å²) < 4.78 is 0. The number of benzene rings is 1. The molecule has 6 nitrogen and oxygen atoms in total. The molecule has 0 bridgehead atoms. The number of hydrogen-bond donors (Lipinski definition) is 2. The molecule has 2 unspecified atom stereocenters. The fourth-order valence-corrected chi connectivity index (χ4v) is 2.80. The third-order valence-electron chi connectivity index (χ3n) is 3.83. The van der Waals surface area contributed by atoms with E-state index >= 15 is 0 Å². The molecule has 0 aromatic heterocycles. The Morgan fingerprint density at radius 1 is 1.50 bits per heavy atom. The zero-order valence-electron chi connectivity index (χ0n) is 11.1. The van der Waals surface area contributed by atoms with Crippen LogP contribution in [0.2, 0.25) is 0 Å². The maximum atomic E-state index is 10.7. The third kappa shape index (κ3) is 3.06. The van der Waals surface area contributed by atoms with Gasteiger partial charge >= 0.3 is 0 Å². The lowest BCUT2D eigenvalue weighted by Gasteiger charge is -2.22. The molecule has 0 radical (unpaired) electrons. The average molecular weight is 275 g/mol. The molecule has 1 aromatic carbocycles. The predicted molar refractivity (Wildman–Crippen MR) is 74.3 cm³/mol. The number of rotatable bonds is 5. The Morgan fingerprint density at radius 2 is 2.30 bits per heavy atom. The van der Waals surface area contributed by atoms with Gasteiger partial charge in [0.15, 0.2) is 0 Å². The van der Waals surface area contributed by atoms with E-state index in [1.165, 1.54) is 12.1 Å². The normalized spacial score (nSPS) is 21.4. The van der Waals surface area contributed by atoms with E-state index < -0.39 is 4.92 Å². The zero-order valence-corrected chi connectivity index (χ0v) is 11.1. The first kappa shape index (κ1) is 14.3. The Kier molecular flexibility index (Phi) is 4.53. The Morgan fingerprint density at radius 3 is 2.95 bits per heavy atom. The number of anilines is 1. The standard InChI is InChI=1S/C14H17N3O3/c15-9-11-8-12(17(19)20)4-5-14(11)16-13-3-1-2-10(13)6-7-18/h4-5,8,10,13,16,18H,1-3,6-7H2. The highest BCUT2D eigenvalue weighted by Gasteiger charge is 2.27. The lowest BCUT2D eigenvalue weighted by molar-refractivity contribution is -0.384. The Bertz CT molecular complexity index is 539. The van der Waals surface area contributed by atoms with Gasteiger partial charge in [-0.15, -0.1) is 0 Å². The van der Waals surface area contributed by atoms with Gasteiger partial charge in [-0.05, 0) is 31.2 Å². The van der Waals surface area contributed by atoms with Gasteiger partial charge in [-0.25, -0.2) is 0 Å². The van der Waals surface area contributed by atoms with Crippen LogP contribution in [0.25, 0.3) is 0 Å². The van der Waals surface area contributed by atoms with Gasteiger partial charge in [0.2, 0.25) is 0 Å². The second kappa shape index (κ2) is 6.35. The molecule has 1 fully saturated rings. The Balaban J connectivity index is 2.17. The van der Waals surface area contributed by atoms with Crippen LogP contribution in [0.4, 0.5) is 11.4 Å². The summed E-state index contributed by atoms with van der Waals surface area (Å²) in [5.41, 5.74) is 0.840. The maximum absolute atomic E-state index is 10.7. The minimum Gasteiger partial charge on any atom is -0.396 e. The molecule has 2 N–H and O–H groups in total. The fraction of sp³-hybridized carbons (Fsp3) is 0.500. The highest BCUT2D eigenvalue weighted by atomic mass is 16.6. The number of nitro benzene ring substituents is 1. The van der Waals surface area contributed by atoms with Crippen LogP contribution in [0.5, 0.6) is 0 Å². The summed E-state index contributed by atoms with van der Waals surface area (Å²) in [5, 5.41) is 32.2. The van der Waals surface area contributed by atoms with Gasteiger partial charge in [0.1, 0.15) is 6.07 Å². The summed E-state index contributed by atoms with van der Waals surface area (Å²) >= 11 is 0. The molecule has 2 rings (SSSR count). The van der Waals surface area contributed by atoms with Crippen LogP contribution in [-0.4, -0.2) is 22.7 Å². The van der Waals surface area contributed by atoms with Crippen LogP contribution in [0.1, 0.15) is 31.2 Å². The van der Waals surface area contributed by atoms with E-state index in [9.17, 15) is 10.1 Å². The van der Waals surface area contributed by atoms with Crippen LogP contribution >= 0.6 is 0 Å².